The number of hydrogen-bond donors (Lipinski definition) is 1. The quantitative estimate of drug-likeness (QED) is 0.820. The van der Waals surface area contributed by atoms with Crippen molar-refractivity contribution < 1.29 is 13.2 Å². The summed E-state index contributed by atoms with van der Waals surface area (Å²) < 4.78 is 36.5. The second-order valence-corrected chi connectivity index (χ2v) is 4.21. The highest BCUT2D eigenvalue weighted by atomic mass is 32.2. The monoisotopic (exact) mass is 236 g/mol. The average Bonchev–Trinajstić information content (AvgIpc) is 2.14. The van der Waals surface area contributed by atoms with Crippen LogP contribution in [-0.4, -0.2) is 16.8 Å². The maximum absolute atomic E-state index is 12.2. The summed E-state index contributed by atoms with van der Waals surface area (Å²) in [6, 6.07) is 2.38. The zero-order valence-corrected chi connectivity index (χ0v) is 8.90. The summed E-state index contributed by atoms with van der Waals surface area (Å²) in [7, 11) is 0. The fourth-order valence-corrected chi connectivity index (χ4v) is 1.58. The van der Waals surface area contributed by atoms with Gasteiger partial charge in [-0.25, -0.2) is 4.98 Å². The van der Waals surface area contributed by atoms with E-state index < -0.39 is 11.7 Å². The van der Waals surface area contributed by atoms with Crippen LogP contribution in [0.4, 0.5) is 13.2 Å². The van der Waals surface area contributed by atoms with Gasteiger partial charge in [0.1, 0.15) is 0 Å². The molecule has 0 unspecified atom stereocenters. The number of rotatable bonds is 3. The lowest BCUT2D eigenvalue weighted by Gasteiger charge is -2.07. The van der Waals surface area contributed by atoms with Crippen LogP contribution in [0.1, 0.15) is 12.5 Å². The number of pyridine rings is 1. The summed E-state index contributed by atoms with van der Waals surface area (Å²) in [5.41, 5.74) is 4.78. The number of thioether (sulfide) groups is 1. The van der Waals surface area contributed by atoms with Gasteiger partial charge in [0.25, 0.3) is 0 Å². The number of nitrogens with two attached hydrogens (primary N) is 1. The van der Waals surface area contributed by atoms with Crippen LogP contribution in [0.25, 0.3) is 0 Å². The zero-order valence-electron chi connectivity index (χ0n) is 8.08. The fourth-order valence-electron chi connectivity index (χ4n) is 0.850. The Hall–Kier alpha value is -0.750. The third-order valence-electron chi connectivity index (χ3n) is 1.56. The Balaban J connectivity index is 2.65. The van der Waals surface area contributed by atoms with Crippen molar-refractivity contribution in [3.63, 3.8) is 0 Å². The first-order chi connectivity index (χ1) is 6.89. The molecule has 6 heteroatoms. The molecule has 0 aromatic carbocycles. The first-order valence-corrected chi connectivity index (χ1v) is 5.30. The fraction of sp³-hybridized carbons (Fsp3) is 0.444. The van der Waals surface area contributed by atoms with Crippen molar-refractivity contribution >= 4 is 11.8 Å². The molecule has 0 aliphatic carbocycles. The van der Waals surface area contributed by atoms with Crippen molar-refractivity contribution in [2.24, 2.45) is 5.73 Å². The Morgan fingerprint density at radius 2 is 2.13 bits per heavy atom. The van der Waals surface area contributed by atoms with Crippen molar-refractivity contribution in [3.8, 4) is 0 Å². The number of halogens is 3. The maximum atomic E-state index is 12.2. The Kier molecular flexibility index (Phi) is 3.98. The molecule has 0 saturated carbocycles. The van der Waals surface area contributed by atoms with Crippen molar-refractivity contribution in [2.45, 2.75) is 24.2 Å². The number of hydrogen-bond acceptors (Lipinski definition) is 3. The number of aromatic nitrogens is 1. The normalized spacial score (nSPS) is 13.9. The molecule has 0 amide bonds. The summed E-state index contributed by atoms with van der Waals surface area (Å²) in [6.45, 7) is 1.83. The van der Waals surface area contributed by atoms with Gasteiger partial charge in [-0.3, -0.25) is 0 Å². The van der Waals surface area contributed by atoms with E-state index in [4.69, 9.17) is 5.73 Å². The van der Waals surface area contributed by atoms with E-state index in [2.05, 4.69) is 4.98 Å². The Morgan fingerprint density at radius 1 is 1.47 bits per heavy atom. The molecule has 0 saturated heterocycles. The van der Waals surface area contributed by atoms with Crippen LogP contribution in [0.3, 0.4) is 0 Å². The lowest BCUT2D eigenvalue weighted by Crippen LogP contribution is -2.17. The third kappa shape index (κ3) is 4.09. The van der Waals surface area contributed by atoms with Crippen LogP contribution < -0.4 is 5.73 Å². The standard InChI is InChI=1S/C9H11F3N2S/c1-6(13)5-15-8-3-2-7(4-14-8)9(10,11)12/h2-4,6H,5,13H2,1H3/t6-/m0/s1. The highest BCUT2D eigenvalue weighted by molar-refractivity contribution is 7.99. The molecule has 0 aliphatic rings. The Bertz CT molecular complexity index is 308. The van der Waals surface area contributed by atoms with E-state index in [0.717, 1.165) is 12.3 Å². The first-order valence-electron chi connectivity index (χ1n) is 4.31. The summed E-state index contributed by atoms with van der Waals surface area (Å²) in [5, 5.41) is 0.556. The van der Waals surface area contributed by atoms with Gasteiger partial charge >= 0.3 is 6.18 Å². The third-order valence-corrected chi connectivity index (χ3v) is 2.79. The van der Waals surface area contributed by atoms with Gasteiger partial charge in [-0.05, 0) is 19.1 Å². The molecule has 1 aromatic heterocycles. The molecular formula is C9H11F3N2S. The van der Waals surface area contributed by atoms with Crippen LogP contribution in [0, 0.1) is 0 Å². The van der Waals surface area contributed by atoms with Crippen LogP contribution in [-0.2, 0) is 6.18 Å². The average molecular weight is 236 g/mol. The number of alkyl halides is 3. The molecule has 1 heterocycles. The molecule has 2 N–H and O–H groups in total. The molecule has 0 fully saturated rings. The number of nitrogens with zero attached hydrogens (tertiary/aromatic N) is 1. The molecule has 1 aromatic rings. The summed E-state index contributed by atoms with van der Waals surface area (Å²) in [4.78, 5) is 3.70. The van der Waals surface area contributed by atoms with E-state index in [1.807, 2.05) is 6.92 Å². The maximum Gasteiger partial charge on any atom is 0.417 e. The molecule has 1 rings (SSSR count). The highest BCUT2D eigenvalue weighted by Gasteiger charge is 2.30. The van der Waals surface area contributed by atoms with Crippen LogP contribution in [0.15, 0.2) is 23.4 Å². The lowest BCUT2D eigenvalue weighted by atomic mass is 10.3. The van der Waals surface area contributed by atoms with Crippen LogP contribution in [0.5, 0.6) is 0 Å². The van der Waals surface area contributed by atoms with Crippen LogP contribution >= 0.6 is 11.8 Å². The SMILES string of the molecule is C[C@H](N)CSc1ccc(C(F)(F)F)cn1. The summed E-state index contributed by atoms with van der Waals surface area (Å²) >= 11 is 1.34. The predicted octanol–water partition coefficient (Wildman–Crippen LogP) is 2.54. The zero-order chi connectivity index (χ0) is 11.5. The first kappa shape index (κ1) is 12.3. The summed E-state index contributed by atoms with van der Waals surface area (Å²) in [6.07, 6.45) is -3.49. The van der Waals surface area contributed by atoms with Gasteiger partial charge in [0.05, 0.1) is 10.6 Å². The van der Waals surface area contributed by atoms with Gasteiger partial charge in [0.2, 0.25) is 0 Å². The van der Waals surface area contributed by atoms with E-state index in [1.54, 1.807) is 0 Å². The van der Waals surface area contributed by atoms with Gasteiger partial charge in [0, 0.05) is 18.0 Å². The topological polar surface area (TPSA) is 38.9 Å². The van der Waals surface area contributed by atoms with Crippen molar-refractivity contribution in [1.82, 2.24) is 4.98 Å². The van der Waals surface area contributed by atoms with E-state index in [0.29, 0.717) is 10.8 Å². The van der Waals surface area contributed by atoms with E-state index in [1.165, 1.54) is 17.8 Å². The minimum absolute atomic E-state index is 0.000840. The van der Waals surface area contributed by atoms with Gasteiger partial charge in [0.15, 0.2) is 0 Å². The second kappa shape index (κ2) is 4.85. The Morgan fingerprint density at radius 3 is 2.53 bits per heavy atom. The van der Waals surface area contributed by atoms with E-state index in [9.17, 15) is 13.2 Å². The van der Waals surface area contributed by atoms with Crippen molar-refractivity contribution in [2.75, 3.05) is 5.75 Å². The van der Waals surface area contributed by atoms with E-state index >= 15 is 0 Å². The van der Waals surface area contributed by atoms with Gasteiger partial charge in [-0.15, -0.1) is 11.8 Å². The van der Waals surface area contributed by atoms with Gasteiger partial charge in [-0.2, -0.15) is 13.2 Å². The lowest BCUT2D eigenvalue weighted by molar-refractivity contribution is -0.137. The van der Waals surface area contributed by atoms with Gasteiger partial charge in [-0.1, -0.05) is 0 Å². The highest BCUT2D eigenvalue weighted by Crippen LogP contribution is 2.29. The minimum atomic E-state index is -4.32. The van der Waals surface area contributed by atoms with Crippen LogP contribution in [0.2, 0.25) is 0 Å². The molecule has 0 radical (unpaired) electrons. The molecule has 0 spiro atoms. The molecule has 1 atom stereocenters. The van der Waals surface area contributed by atoms with E-state index in [-0.39, 0.29) is 6.04 Å². The molecule has 2 nitrogen and oxygen atoms in total. The molecule has 0 bridgehead atoms. The second-order valence-electron chi connectivity index (χ2n) is 3.17. The smallest absolute Gasteiger partial charge is 0.327 e. The van der Waals surface area contributed by atoms with Gasteiger partial charge < -0.3 is 5.73 Å². The molecule has 15 heavy (non-hydrogen) atoms. The van der Waals surface area contributed by atoms with Crippen molar-refractivity contribution in [1.29, 1.82) is 0 Å². The van der Waals surface area contributed by atoms with Crippen molar-refractivity contribution in [3.05, 3.63) is 23.9 Å². The largest absolute Gasteiger partial charge is 0.417 e. The molecule has 84 valence electrons. The minimum Gasteiger partial charge on any atom is -0.327 e. The molecule has 0 aliphatic heterocycles. The predicted molar refractivity (Wildman–Crippen MR) is 53.6 cm³/mol. The Labute approximate surface area is 90.1 Å². The summed E-state index contributed by atoms with van der Waals surface area (Å²) in [5.74, 6) is 0.637. The molecular weight excluding hydrogens is 225 g/mol.